The summed E-state index contributed by atoms with van der Waals surface area (Å²) in [5.41, 5.74) is 0.899. The fraction of sp³-hybridized carbons (Fsp3) is 0.444. The summed E-state index contributed by atoms with van der Waals surface area (Å²) in [6.07, 6.45) is -0.237. The number of hydrogen-bond donors (Lipinski definition) is 0. The average Bonchev–Trinajstić information content (AvgIpc) is 2.59. The molecule has 1 rings (SSSR count). The van der Waals surface area contributed by atoms with Gasteiger partial charge < -0.3 is 18.9 Å². The largest absolute Gasteiger partial charge is 0.463 e. The van der Waals surface area contributed by atoms with Gasteiger partial charge in [0.05, 0.1) is 19.8 Å². The van der Waals surface area contributed by atoms with Crippen molar-refractivity contribution in [3.8, 4) is 0 Å². The highest BCUT2D eigenvalue weighted by atomic mass is 19.3. The minimum absolute atomic E-state index is 0.216. The van der Waals surface area contributed by atoms with Crippen LogP contribution in [0.25, 0.3) is 0 Å². The van der Waals surface area contributed by atoms with Crippen molar-refractivity contribution in [1.29, 1.82) is 0 Å². The van der Waals surface area contributed by atoms with E-state index < -0.39 is 17.9 Å². The molecule has 1 aromatic rings. The van der Waals surface area contributed by atoms with Crippen LogP contribution in [0.1, 0.15) is 18.4 Å². The minimum atomic E-state index is -1.91. The third kappa shape index (κ3) is 8.19. The Hall–Kier alpha value is -1.76. The molecule has 0 spiro atoms. The van der Waals surface area contributed by atoms with E-state index in [1.54, 1.807) is 6.08 Å². The van der Waals surface area contributed by atoms with Crippen LogP contribution in [-0.4, -0.2) is 33.2 Å². The number of hydrogen-bond acceptors (Lipinski definition) is 4. The van der Waals surface area contributed by atoms with E-state index in [1.165, 1.54) is 7.11 Å². The first-order valence-corrected chi connectivity index (χ1v) is 7.70. The summed E-state index contributed by atoms with van der Waals surface area (Å²) in [6, 6.07) is 9.35. The van der Waals surface area contributed by atoms with Gasteiger partial charge >= 0.3 is 6.08 Å². The zero-order valence-electron chi connectivity index (χ0n) is 13.9. The van der Waals surface area contributed by atoms with E-state index in [0.29, 0.717) is 19.4 Å². The van der Waals surface area contributed by atoms with Gasteiger partial charge in [-0.1, -0.05) is 36.4 Å². The van der Waals surface area contributed by atoms with Gasteiger partial charge in [0.15, 0.2) is 12.6 Å². The van der Waals surface area contributed by atoms with Gasteiger partial charge in [0, 0.05) is 7.11 Å². The molecule has 0 aliphatic heterocycles. The molecule has 0 fully saturated rings. The van der Waals surface area contributed by atoms with Crippen molar-refractivity contribution in [3.63, 3.8) is 0 Å². The molecule has 1 unspecified atom stereocenters. The Bertz CT molecular complexity index is 487. The minimum Gasteiger partial charge on any atom is -0.463 e. The van der Waals surface area contributed by atoms with Crippen LogP contribution in [0.3, 0.4) is 0 Å². The topological polar surface area (TPSA) is 36.9 Å². The second kappa shape index (κ2) is 12.6. The molecule has 4 nitrogen and oxygen atoms in total. The molecule has 6 heteroatoms. The van der Waals surface area contributed by atoms with E-state index >= 15 is 0 Å². The average molecular weight is 342 g/mol. The molecular weight excluding hydrogens is 318 g/mol. The van der Waals surface area contributed by atoms with Crippen LogP contribution in [0, 0.1) is 0 Å². The number of halogens is 2. The molecular formula is C18H24F2O4. The lowest BCUT2D eigenvalue weighted by molar-refractivity contribution is -0.0721. The van der Waals surface area contributed by atoms with Gasteiger partial charge in [-0.15, -0.1) is 6.58 Å². The maximum Gasteiger partial charge on any atom is 0.310 e. The molecule has 0 aliphatic carbocycles. The first-order valence-electron chi connectivity index (χ1n) is 7.70. The van der Waals surface area contributed by atoms with Crippen molar-refractivity contribution < 1.29 is 27.7 Å². The van der Waals surface area contributed by atoms with Gasteiger partial charge in [-0.25, -0.2) is 0 Å². The molecule has 134 valence electrons. The molecule has 0 amide bonds. The summed E-state index contributed by atoms with van der Waals surface area (Å²) < 4.78 is 47.1. The summed E-state index contributed by atoms with van der Waals surface area (Å²) in [7, 11) is 1.53. The normalized spacial score (nSPS) is 11.8. The number of methoxy groups -OCH3 is 1. The summed E-state index contributed by atoms with van der Waals surface area (Å²) >= 11 is 0. The predicted octanol–water partition coefficient (Wildman–Crippen LogP) is 4.28. The van der Waals surface area contributed by atoms with Crippen LogP contribution in [0.5, 0.6) is 0 Å². The van der Waals surface area contributed by atoms with Crippen molar-refractivity contribution in [1.82, 2.24) is 0 Å². The third-order valence-corrected chi connectivity index (χ3v) is 3.14. The number of rotatable bonds is 13. The fourth-order valence-corrected chi connectivity index (χ4v) is 1.91. The monoisotopic (exact) mass is 342 g/mol. The Morgan fingerprint density at radius 3 is 2.58 bits per heavy atom. The summed E-state index contributed by atoms with van der Waals surface area (Å²) in [4.78, 5) is 0. The van der Waals surface area contributed by atoms with Crippen molar-refractivity contribution in [2.75, 3.05) is 27.1 Å². The van der Waals surface area contributed by atoms with Crippen molar-refractivity contribution in [3.05, 3.63) is 60.4 Å². The van der Waals surface area contributed by atoms with E-state index in [9.17, 15) is 8.78 Å². The van der Waals surface area contributed by atoms with E-state index in [1.807, 2.05) is 30.3 Å². The van der Waals surface area contributed by atoms with Crippen molar-refractivity contribution in [2.45, 2.75) is 25.6 Å². The molecule has 0 aromatic heterocycles. The zero-order chi connectivity index (χ0) is 17.6. The molecule has 0 radical (unpaired) electrons. The van der Waals surface area contributed by atoms with Crippen LogP contribution < -0.4 is 0 Å². The second-order valence-electron chi connectivity index (χ2n) is 4.94. The Labute approximate surface area is 141 Å². The third-order valence-electron chi connectivity index (χ3n) is 3.14. The Morgan fingerprint density at radius 1 is 1.21 bits per heavy atom. The van der Waals surface area contributed by atoms with Crippen LogP contribution in [0.15, 0.2) is 54.8 Å². The molecule has 0 saturated heterocycles. The quantitative estimate of drug-likeness (QED) is 0.232. The summed E-state index contributed by atoms with van der Waals surface area (Å²) in [5, 5.41) is 0. The lowest BCUT2D eigenvalue weighted by Crippen LogP contribution is -2.20. The first-order chi connectivity index (χ1) is 11.7. The SMILES string of the molecule is C=CCCC(OCc1ccccc1)C(OCOCCOC)=C(F)F. The predicted molar refractivity (Wildman–Crippen MR) is 87.5 cm³/mol. The Balaban J connectivity index is 2.63. The van der Waals surface area contributed by atoms with Crippen LogP contribution in [0.2, 0.25) is 0 Å². The molecule has 1 atom stereocenters. The molecule has 0 N–H and O–H groups in total. The number of ether oxygens (including phenoxy) is 4. The molecule has 1 aromatic carbocycles. The smallest absolute Gasteiger partial charge is 0.310 e. The van der Waals surface area contributed by atoms with Crippen LogP contribution >= 0.6 is 0 Å². The molecule has 0 bridgehead atoms. The zero-order valence-corrected chi connectivity index (χ0v) is 13.9. The fourth-order valence-electron chi connectivity index (χ4n) is 1.91. The maximum atomic E-state index is 13.2. The van der Waals surface area contributed by atoms with Gasteiger partial charge in [0.1, 0.15) is 6.10 Å². The highest BCUT2D eigenvalue weighted by Gasteiger charge is 2.22. The van der Waals surface area contributed by atoms with Crippen molar-refractivity contribution in [2.24, 2.45) is 0 Å². The van der Waals surface area contributed by atoms with Crippen molar-refractivity contribution >= 4 is 0 Å². The molecule has 24 heavy (non-hydrogen) atoms. The van der Waals surface area contributed by atoms with E-state index in [0.717, 1.165) is 5.56 Å². The van der Waals surface area contributed by atoms with Gasteiger partial charge in [-0.2, -0.15) is 8.78 Å². The van der Waals surface area contributed by atoms with Crippen LogP contribution in [-0.2, 0) is 25.6 Å². The highest BCUT2D eigenvalue weighted by molar-refractivity contribution is 5.13. The van der Waals surface area contributed by atoms with Gasteiger partial charge in [-0.05, 0) is 18.4 Å². The van der Waals surface area contributed by atoms with Gasteiger partial charge in [0.2, 0.25) is 0 Å². The van der Waals surface area contributed by atoms with E-state index in [2.05, 4.69) is 6.58 Å². The standard InChI is InChI=1S/C18H24F2O4/c1-3-4-10-16(23-13-15-8-6-5-7-9-15)17(18(19)20)24-14-22-12-11-21-2/h3,5-9,16H,1,4,10-14H2,2H3. The van der Waals surface area contributed by atoms with Crippen LogP contribution in [0.4, 0.5) is 8.78 Å². The Morgan fingerprint density at radius 2 is 1.96 bits per heavy atom. The number of benzene rings is 1. The summed E-state index contributed by atoms with van der Waals surface area (Å²) in [6.45, 7) is 4.18. The number of allylic oxidation sites excluding steroid dienone is 1. The lowest BCUT2D eigenvalue weighted by atomic mass is 10.1. The van der Waals surface area contributed by atoms with E-state index in [4.69, 9.17) is 18.9 Å². The first kappa shape index (κ1) is 20.3. The summed E-state index contributed by atoms with van der Waals surface area (Å²) in [5.74, 6) is -0.495. The molecule has 0 heterocycles. The highest BCUT2D eigenvalue weighted by Crippen LogP contribution is 2.22. The van der Waals surface area contributed by atoms with Gasteiger partial charge in [0.25, 0.3) is 0 Å². The van der Waals surface area contributed by atoms with Gasteiger partial charge in [-0.3, -0.25) is 0 Å². The van der Waals surface area contributed by atoms with E-state index in [-0.39, 0.29) is 20.0 Å². The lowest BCUT2D eigenvalue weighted by Gasteiger charge is -2.20. The molecule has 0 aliphatic rings. The Kier molecular flexibility index (Phi) is 10.7. The second-order valence-corrected chi connectivity index (χ2v) is 4.94. The molecule has 0 saturated carbocycles. The maximum absolute atomic E-state index is 13.2.